The Morgan fingerprint density at radius 1 is 1.26 bits per heavy atom. The maximum absolute atomic E-state index is 12.0. The molecule has 0 atom stereocenters. The Balaban J connectivity index is 1.30. The van der Waals surface area contributed by atoms with Gasteiger partial charge in [0.25, 0.3) is 5.89 Å². The minimum Gasteiger partial charge on any atom is -0.496 e. The van der Waals surface area contributed by atoms with Crippen LogP contribution in [0.5, 0.6) is 5.75 Å². The molecule has 0 aliphatic carbocycles. The molecule has 31 heavy (non-hydrogen) atoms. The number of nitrogens with one attached hydrogen (secondary N) is 1. The first-order chi connectivity index (χ1) is 15.2. The van der Waals surface area contributed by atoms with Crippen molar-refractivity contribution in [1.29, 1.82) is 0 Å². The average molecular weight is 417 g/mol. The van der Waals surface area contributed by atoms with Crippen LogP contribution in [0.2, 0.25) is 0 Å². The zero-order chi connectivity index (χ0) is 21.5. The Morgan fingerprint density at radius 2 is 2.16 bits per heavy atom. The first kappa shape index (κ1) is 20.0. The molecule has 0 aliphatic rings. The number of hydrogen-bond donors (Lipinski definition) is 1. The molecule has 1 amide bonds. The molecule has 10 nitrogen and oxygen atoms in total. The van der Waals surface area contributed by atoms with Gasteiger partial charge in [0.15, 0.2) is 5.69 Å². The number of ether oxygens (including phenoxy) is 1. The van der Waals surface area contributed by atoms with Crippen molar-refractivity contribution in [3.8, 4) is 28.7 Å². The Hall–Kier alpha value is -4.34. The van der Waals surface area contributed by atoms with Crippen LogP contribution in [0.15, 0.2) is 65.6 Å². The van der Waals surface area contributed by atoms with Crippen LogP contribution in [0, 0.1) is 0 Å². The molecule has 0 saturated heterocycles. The number of benzene rings is 1. The number of aromatic nitrogens is 6. The number of nitrogens with zero attached hydrogens (tertiary/aromatic N) is 6. The van der Waals surface area contributed by atoms with E-state index < -0.39 is 0 Å². The third kappa shape index (κ3) is 4.99. The standard InChI is InChI=1S/C21H19N7O3/c1-30-18-7-3-2-5-15(18)8-9-19(29)23-11-12-28-14-17(25-27-28)21-24-20(26-31-21)16-6-4-10-22-13-16/h2-10,13-14H,11-12H2,1H3,(H,23,29)/b9-8+. The number of pyridine rings is 1. The smallest absolute Gasteiger partial charge is 0.280 e. The van der Waals surface area contributed by atoms with Gasteiger partial charge < -0.3 is 14.6 Å². The summed E-state index contributed by atoms with van der Waals surface area (Å²) in [7, 11) is 1.59. The first-order valence-corrected chi connectivity index (χ1v) is 9.46. The van der Waals surface area contributed by atoms with E-state index in [9.17, 15) is 4.79 Å². The van der Waals surface area contributed by atoms with E-state index in [1.54, 1.807) is 42.5 Å². The summed E-state index contributed by atoms with van der Waals surface area (Å²) in [5.74, 6) is 1.17. The summed E-state index contributed by atoms with van der Waals surface area (Å²) in [6.07, 6.45) is 8.16. The molecular formula is C21H19N7O3. The van der Waals surface area contributed by atoms with Crippen molar-refractivity contribution in [2.45, 2.75) is 6.54 Å². The predicted octanol–water partition coefficient (Wildman–Crippen LogP) is 2.23. The number of hydrogen-bond acceptors (Lipinski definition) is 8. The minimum absolute atomic E-state index is 0.218. The summed E-state index contributed by atoms with van der Waals surface area (Å²) < 4.78 is 12.1. The van der Waals surface area contributed by atoms with Crippen LogP contribution in [0.1, 0.15) is 5.56 Å². The van der Waals surface area contributed by atoms with Crippen LogP contribution in [0.3, 0.4) is 0 Å². The van der Waals surface area contributed by atoms with Crippen molar-refractivity contribution < 1.29 is 14.1 Å². The summed E-state index contributed by atoms with van der Waals surface area (Å²) >= 11 is 0. The van der Waals surface area contributed by atoms with E-state index in [1.165, 1.54) is 6.08 Å². The number of amides is 1. The molecule has 3 heterocycles. The normalized spacial score (nSPS) is 11.0. The lowest BCUT2D eigenvalue weighted by Crippen LogP contribution is -2.25. The van der Waals surface area contributed by atoms with E-state index >= 15 is 0 Å². The van der Waals surface area contributed by atoms with Gasteiger partial charge in [0, 0.05) is 36.1 Å². The second-order valence-corrected chi connectivity index (χ2v) is 6.40. The topological polar surface area (TPSA) is 121 Å². The molecule has 156 valence electrons. The molecule has 10 heteroatoms. The molecule has 0 saturated carbocycles. The van der Waals surface area contributed by atoms with Crippen molar-refractivity contribution in [2.75, 3.05) is 13.7 Å². The van der Waals surface area contributed by atoms with Crippen molar-refractivity contribution in [1.82, 2.24) is 35.4 Å². The highest BCUT2D eigenvalue weighted by Crippen LogP contribution is 2.20. The zero-order valence-electron chi connectivity index (χ0n) is 16.7. The monoisotopic (exact) mass is 417 g/mol. The van der Waals surface area contributed by atoms with E-state index in [1.807, 2.05) is 30.3 Å². The van der Waals surface area contributed by atoms with Crippen molar-refractivity contribution >= 4 is 12.0 Å². The fourth-order valence-corrected chi connectivity index (χ4v) is 2.77. The molecule has 0 fully saturated rings. The maximum Gasteiger partial charge on any atom is 0.280 e. The second kappa shape index (κ2) is 9.44. The third-order valence-corrected chi connectivity index (χ3v) is 4.30. The number of methoxy groups -OCH3 is 1. The van der Waals surface area contributed by atoms with Gasteiger partial charge in [-0.15, -0.1) is 5.10 Å². The molecule has 0 spiro atoms. The van der Waals surface area contributed by atoms with Gasteiger partial charge in [-0.2, -0.15) is 4.98 Å². The third-order valence-electron chi connectivity index (χ3n) is 4.30. The molecule has 0 bridgehead atoms. The zero-order valence-corrected chi connectivity index (χ0v) is 16.7. The number of rotatable bonds is 8. The highest BCUT2D eigenvalue weighted by molar-refractivity contribution is 5.92. The molecule has 3 aromatic heterocycles. The van der Waals surface area contributed by atoms with Crippen LogP contribution >= 0.6 is 0 Å². The van der Waals surface area contributed by atoms with Crippen LogP contribution in [-0.4, -0.2) is 49.7 Å². The Labute approximate surface area is 177 Å². The van der Waals surface area contributed by atoms with E-state index in [4.69, 9.17) is 9.26 Å². The van der Waals surface area contributed by atoms with Crippen molar-refractivity contribution in [2.24, 2.45) is 0 Å². The van der Waals surface area contributed by atoms with E-state index in [-0.39, 0.29) is 11.8 Å². The van der Waals surface area contributed by atoms with Gasteiger partial charge in [0.2, 0.25) is 11.7 Å². The molecule has 0 unspecified atom stereocenters. The molecule has 1 N–H and O–H groups in total. The summed E-state index contributed by atoms with van der Waals surface area (Å²) in [5.41, 5.74) is 2.02. The van der Waals surface area contributed by atoms with Crippen molar-refractivity contribution in [3.63, 3.8) is 0 Å². The second-order valence-electron chi connectivity index (χ2n) is 6.40. The van der Waals surface area contributed by atoms with Gasteiger partial charge in [0.1, 0.15) is 5.75 Å². The number of para-hydroxylation sites is 1. The lowest BCUT2D eigenvalue weighted by Gasteiger charge is -2.04. The molecule has 0 radical (unpaired) electrons. The van der Waals surface area contributed by atoms with E-state index in [2.05, 4.69) is 30.8 Å². The lowest BCUT2D eigenvalue weighted by molar-refractivity contribution is -0.116. The van der Waals surface area contributed by atoms with Gasteiger partial charge in [-0.3, -0.25) is 9.78 Å². The van der Waals surface area contributed by atoms with Gasteiger partial charge in [-0.1, -0.05) is 28.6 Å². The summed E-state index contributed by atoms with van der Waals surface area (Å²) in [4.78, 5) is 20.4. The quantitative estimate of drug-likeness (QED) is 0.433. The highest BCUT2D eigenvalue weighted by atomic mass is 16.5. The van der Waals surface area contributed by atoms with E-state index in [0.717, 1.165) is 11.1 Å². The Bertz CT molecular complexity index is 1180. The average Bonchev–Trinajstić information content (AvgIpc) is 3.48. The van der Waals surface area contributed by atoms with Crippen LogP contribution in [0.4, 0.5) is 0 Å². The molecular weight excluding hydrogens is 398 g/mol. The number of carbonyl (C=O) groups excluding carboxylic acids is 1. The summed E-state index contributed by atoms with van der Waals surface area (Å²) in [5, 5.41) is 14.8. The van der Waals surface area contributed by atoms with Crippen LogP contribution in [-0.2, 0) is 11.3 Å². The predicted molar refractivity (Wildman–Crippen MR) is 112 cm³/mol. The SMILES string of the molecule is COc1ccccc1/C=C/C(=O)NCCn1cc(-c2nc(-c3cccnc3)no2)nn1. The van der Waals surface area contributed by atoms with Gasteiger partial charge in [-0.05, 0) is 24.3 Å². The Kier molecular flexibility index (Phi) is 6.08. The molecule has 1 aromatic carbocycles. The lowest BCUT2D eigenvalue weighted by atomic mass is 10.2. The minimum atomic E-state index is -0.218. The van der Waals surface area contributed by atoms with Crippen molar-refractivity contribution in [3.05, 3.63) is 66.6 Å². The fraction of sp³-hybridized carbons (Fsp3) is 0.143. The number of carbonyl (C=O) groups is 1. The molecule has 4 aromatic rings. The van der Waals surface area contributed by atoms with Crippen LogP contribution in [0.25, 0.3) is 29.0 Å². The summed E-state index contributed by atoms with van der Waals surface area (Å²) in [6.45, 7) is 0.813. The van der Waals surface area contributed by atoms with Crippen LogP contribution < -0.4 is 10.1 Å². The van der Waals surface area contributed by atoms with Gasteiger partial charge >= 0.3 is 0 Å². The molecule has 4 rings (SSSR count). The van der Waals surface area contributed by atoms with Gasteiger partial charge in [-0.25, -0.2) is 4.68 Å². The fourth-order valence-electron chi connectivity index (χ4n) is 2.77. The molecule has 0 aliphatic heterocycles. The highest BCUT2D eigenvalue weighted by Gasteiger charge is 2.14. The Morgan fingerprint density at radius 3 is 3.00 bits per heavy atom. The van der Waals surface area contributed by atoms with E-state index in [0.29, 0.717) is 30.4 Å². The summed E-state index contributed by atoms with van der Waals surface area (Å²) in [6, 6.07) is 11.1. The van der Waals surface area contributed by atoms with Gasteiger partial charge in [0.05, 0.1) is 19.9 Å². The first-order valence-electron chi connectivity index (χ1n) is 9.46. The maximum atomic E-state index is 12.0. The largest absolute Gasteiger partial charge is 0.496 e.